The van der Waals surface area contributed by atoms with Gasteiger partial charge in [-0.1, -0.05) is 17.7 Å². The Bertz CT molecular complexity index is 587. The number of hydrogen-bond acceptors (Lipinski definition) is 4. The fraction of sp³-hybridized carbons (Fsp3) is 0.250. The van der Waals surface area contributed by atoms with E-state index in [1.165, 1.54) is 12.3 Å². The van der Waals surface area contributed by atoms with Gasteiger partial charge in [0.05, 0.1) is 0 Å². The zero-order valence-corrected chi connectivity index (χ0v) is 11.7. The third-order valence-corrected chi connectivity index (χ3v) is 3.05. The fourth-order valence-electron chi connectivity index (χ4n) is 1.95. The van der Waals surface area contributed by atoms with Crippen molar-refractivity contribution in [3.63, 3.8) is 0 Å². The van der Waals surface area contributed by atoms with Crippen LogP contribution in [0.5, 0.6) is 0 Å². The predicted molar refractivity (Wildman–Crippen MR) is 76.0 cm³/mol. The Balaban J connectivity index is 2.18. The second-order valence-corrected chi connectivity index (χ2v) is 4.61. The summed E-state index contributed by atoms with van der Waals surface area (Å²) in [5, 5.41) is 13.7. The molecule has 0 spiro atoms. The molecule has 0 bridgehead atoms. The maximum atomic E-state index is 10.7. The summed E-state index contributed by atoms with van der Waals surface area (Å²) in [6.07, 6.45) is 4.95. The van der Waals surface area contributed by atoms with E-state index in [2.05, 4.69) is 10.1 Å². The number of carbonyl (C=O) groups is 1. The van der Waals surface area contributed by atoms with Crippen LogP contribution < -0.4 is 0 Å². The van der Waals surface area contributed by atoms with E-state index in [0.29, 0.717) is 31.1 Å². The van der Waals surface area contributed by atoms with Crippen molar-refractivity contribution in [2.75, 3.05) is 13.1 Å². The van der Waals surface area contributed by atoms with Gasteiger partial charge in [0.1, 0.15) is 16.5 Å². The maximum Gasteiger partial charge on any atom is 0.278 e. The second-order valence-electron chi connectivity index (χ2n) is 4.22. The number of nitrogens with zero attached hydrogens (tertiary/aromatic N) is 5. The quantitative estimate of drug-likeness (QED) is 0.266. The third-order valence-electron chi connectivity index (χ3n) is 2.83. The van der Waals surface area contributed by atoms with Crippen molar-refractivity contribution in [2.24, 2.45) is 5.10 Å². The number of carbonyl (C=O) groups excluding carboxylic acids is 1. The van der Waals surface area contributed by atoms with E-state index < -0.39 is 5.03 Å². The van der Waals surface area contributed by atoms with Crippen molar-refractivity contribution in [1.82, 2.24) is 14.8 Å². The van der Waals surface area contributed by atoms with Crippen LogP contribution in [0.4, 0.5) is 0 Å². The molecule has 0 unspecified atom stereocenters. The fourth-order valence-corrected chi connectivity index (χ4v) is 2.07. The number of hydrazone groups is 1. The highest BCUT2D eigenvalue weighted by atomic mass is 35.5. The number of pyridine rings is 1. The molecule has 8 nitrogen and oxygen atoms in total. The minimum Gasteiger partial charge on any atom is -0.331 e. The van der Waals surface area contributed by atoms with Gasteiger partial charge in [-0.15, -0.1) is 0 Å². The van der Waals surface area contributed by atoms with Crippen molar-refractivity contribution in [3.8, 4) is 0 Å². The summed E-state index contributed by atoms with van der Waals surface area (Å²) in [5.74, 6) is 0.188. The van der Waals surface area contributed by atoms with Gasteiger partial charge in [0.25, 0.3) is 5.96 Å². The number of rotatable bonds is 5. The van der Waals surface area contributed by atoms with Gasteiger partial charge < -0.3 is 9.80 Å². The molecule has 9 heteroatoms. The third kappa shape index (κ3) is 3.99. The molecule has 0 saturated carbocycles. The Kier molecular flexibility index (Phi) is 4.83. The van der Waals surface area contributed by atoms with E-state index in [1.807, 2.05) is 0 Å². The topological polar surface area (TPSA) is 91.9 Å². The van der Waals surface area contributed by atoms with Gasteiger partial charge in [0, 0.05) is 32.0 Å². The second kappa shape index (κ2) is 6.80. The standard InChI is InChI=1S/C12H12ClN5O3/c13-11-3-2-10(8-14-11)9-17-6-5-16(4-1-7-19)12(17)15-18(20)21/h1-4,7-8H,5-6,9H2. The molecule has 0 aromatic carbocycles. The molecule has 21 heavy (non-hydrogen) atoms. The van der Waals surface area contributed by atoms with Crippen molar-refractivity contribution in [3.05, 3.63) is 51.4 Å². The lowest BCUT2D eigenvalue weighted by Gasteiger charge is -2.18. The highest BCUT2D eigenvalue weighted by Gasteiger charge is 2.28. The van der Waals surface area contributed by atoms with Crippen LogP contribution in [0.2, 0.25) is 5.15 Å². The van der Waals surface area contributed by atoms with Gasteiger partial charge in [-0.25, -0.2) is 15.1 Å². The molecule has 0 aliphatic carbocycles. The van der Waals surface area contributed by atoms with Gasteiger partial charge in [0.15, 0.2) is 5.03 Å². The van der Waals surface area contributed by atoms with E-state index in [0.717, 1.165) is 5.56 Å². The Hall–Kier alpha value is -2.48. The molecule has 0 amide bonds. The van der Waals surface area contributed by atoms with Crippen molar-refractivity contribution in [1.29, 1.82) is 0 Å². The first-order valence-electron chi connectivity index (χ1n) is 6.07. The van der Waals surface area contributed by atoms with Crippen LogP contribution in [0.1, 0.15) is 5.56 Å². The molecule has 1 saturated heterocycles. The van der Waals surface area contributed by atoms with Crippen LogP contribution in [-0.2, 0) is 11.3 Å². The Morgan fingerprint density at radius 3 is 2.90 bits per heavy atom. The molecule has 0 atom stereocenters. The first kappa shape index (κ1) is 14.9. The Morgan fingerprint density at radius 1 is 1.48 bits per heavy atom. The molecule has 0 radical (unpaired) electrons. The van der Waals surface area contributed by atoms with Crippen LogP contribution >= 0.6 is 11.6 Å². The predicted octanol–water partition coefficient (Wildman–Crippen LogP) is 1.11. The molecule has 0 N–H and O–H groups in total. The largest absolute Gasteiger partial charge is 0.331 e. The summed E-state index contributed by atoms with van der Waals surface area (Å²) in [4.78, 5) is 28.3. The first-order valence-corrected chi connectivity index (χ1v) is 6.45. The number of aldehydes is 1. The molecule has 2 heterocycles. The van der Waals surface area contributed by atoms with Gasteiger partial charge >= 0.3 is 0 Å². The summed E-state index contributed by atoms with van der Waals surface area (Å²) in [7, 11) is 0. The molecule has 110 valence electrons. The maximum absolute atomic E-state index is 10.7. The molecule has 2 rings (SSSR count). The molecule has 1 aromatic rings. The van der Waals surface area contributed by atoms with Crippen LogP contribution in [0, 0.1) is 10.1 Å². The SMILES string of the molecule is O=CC=CN1CCN(Cc2ccc(Cl)nc2)C1=N[N+](=O)[O-]. The highest BCUT2D eigenvalue weighted by Crippen LogP contribution is 2.15. The van der Waals surface area contributed by atoms with Crippen molar-refractivity contribution >= 4 is 23.8 Å². The Labute approximate surface area is 125 Å². The lowest BCUT2D eigenvalue weighted by atomic mass is 10.3. The molecule has 1 aromatic heterocycles. The lowest BCUT2D eigenvalue weighted by molar-refractivity contribution is -0.486. The Morgan fingerprint density at radius 2 is 2.29 bits per heavy atom. The van der Waals surface area contributed by atoms with Gasteiger partial charge in [0.2, 0.25) is 0 Å². The van der Waals surface area contributed by atoms with Crippen LogP contribution in [0.3, 0.4) is 0 Å². The summed E-state index contributed by atoms with van der Waals surface area (Å²) in [5.41, 5.74) is 0.858. The van der Waals surface area contributed by atoms with Crippen LogP contribution in [-0.4, -0.2) is 45.2 Å². The summed E-state index contributed by atoms with van der Waals surface area (Å²) < 4.78 is 0. The molecule has 1 aliphatic rings. The number of nitro groups is 1. The van der Waals surface area contributed by atoms with Crippen molar-refractivity contribution in [2.45, 2.75) is 6.54 Å². The number of allylic oxidation sites excluding steroid dienone is 1. The average molecular weight is 310 g/mol. The lowest BCUT2D eigenvalue weighted by Crippen LogP contribution is -2.31. The summed E-state index contributed by atoms with van der Waals surface area (Å²) >= 11 is 5.72. The average Bonchev–Trinajstić information content (AvgIpc) is 2.81. The number of halogens is 1. The van der Waals surface area contributed by atoms with E-state index in [1.54, 1.807) is 28.1 Å². The van der Waals surface area contributed by atoms with Gasteiger partial charge in [-0.05, 0) is 17.7 Å². The monoisotopic (exact) mass is 309 g/mol. The van der Waals surface area contributed by atoms with E-state index in [-0.39, 0.29) is 5.96 Å². The van der Waals surface area contributed by atoms with Gasteiger partial charge in [-0.3, -0.25) is 4.79 Å². The molecular formula is C12H12ClN5O3. The van der Waals surface area contributed by atoms with Crippen molar-refractivity contribution < 1.29 is 9.83 Å². The smallest absolute Gasteiger partial charge is 0.278 e. The van der Waals surface area contributed by atoms with E-state index >= 15 is 0 Å². The van der Waals surface area contributed by atoms with Crippen LogP contribution in [0.25, 0.3) is 0 Å². The van der Waals surface area contributed by atoms with Gasteiger partial charge in [-0.2, -0.15) is 0 Å². The zero-order valence-electron chi connectivity index (χ0n) is 10.9. The minimum atomic E-state index is -0.754. The molecule has 1 aliphatic heterocycles. The van der Waals surface area contributed by atoms with E-state index in [9.17, 15) is 14.9 Å². The molecule has 1 fully saturated rings. The molecular weight excluding hydrogens is 298 g/mol. The zero-order chi connectivity index (χ0) is 15.2. The minimum absolute atomic E-state index is 0.188. The van der Waals surface area contributed by atoms with Crippen LogP contribution in [0.15, 0.2) is 35.7 Å². The number of hydrogen-bond donors (Lipinski definition) is 0. The highest BCUT2D eigenvalue weighted by molar-refractivity contribution is 6.29. The number of guanidine groups is 1. The van der Waals surface area contributed by atoms with E-state index in [4.69, 9.17) is 11.6 Å². The first-order chi connectivity index (χ1) is 10.1. The number of aromatic nitrogens is 1. The normalized spacial score (nSPS) is 16.9. The summed E-state index contributed by atoms with van der Waals surface area (Å²) in [6.45, 7) is 1.48. The summed E-state index contributed by atoms with van der Waals surface area (Å²) in [6, 6.07) is 3.45.